The van der Waals surface area contributed by atoms with Crippen molar-refractivity contribution in [3.8, 4) is 0 Å². The Morgan fingerprint density at radius 3 is 2.70 bits per heavy atom. The van der Waals surface area contributed by atoms with Crippen molar-refractivity contribution in [3.63, 3.8) is 0 Å². The van der Waals surface area contributed by atoms with E-state index >= 15 is 0 Å². The number of hydrogen-bond donors (Lipinski definition) is 0. The molecule has 2 heterocycles. The summed E-state index contributed by atoms with van der Waals surface area (Å²) in [5.74, 6) is 0.0376. The Bertz CT molecular complexity index is 702. The maximum absolute atomic E-state index is 12.4. The van der Waals surface area contributed by atoms with Gasteiger partial charge in [-0.15, -0.1) is 0 Å². The molecule has 1 fully saturated rings. The molecule has 0 radical (unpaired) electrons. The molecule has 0 bridgehead atoms. The Morgan fingerprint density at radius 2 is 1.96 bits per heavy atom. The van der Waals surface area contributed by atoms with Crippen LogP contribution in [0, 0.1) is 10.1 Å². The van der Waals surface area contributed by atoms with E-state index in [0.717, 1.165) is 6.42 Å². The van der Waals surface area contributed by atoms with Crippen molar-refractivity contribution in [2.75, 3.05) is 31.1 Å². The highest BCUT2D eigenvalue weighted by molar-refractivity contribution is 7.08. The van der Waals surface area contributed by atoms with Crippen molar-refractivity contribution in [1.29, 1.82) is 0 Å². The van der Waals surface area contributed by atoms with Crippen LogP contribution in [0.4, 0.5) is 11.4 Å². The molecule has 0 atom stereocenters. The summed E-state index contributed by atoms with van der Waals surface area (Å²) in [4.78, 5) is 27.1. The first-order chi connectivity index (χ1) is 11.2. The molecule has 0 spiro atoms. The molecule has 1 amide bonds. The Hall–Kier alpha value is -2.41. The van der Waals surface area contributed by atoms with Crippen LogP contribution in [0.2, 0.25) is 0 Å². The molecule has 6 nitrogen and oxygen atoms in total. The maximum atomic E-state index is 12.4. The zero-order chi connectivity index (χ0) is 16.2. The molecular formula is C16H17N3O3S. The van der Waals surface area contributed by atoms with Gasteiger partial charge in [0.25, 0.3) is 11.6 Å². The van der Waals surface area contributed by atoms with E-state index in [0.29, 0.717) is 37.4 Å². The van der Waals surface area contributed by atoms with Crippen molar-refractivity contribution < 1.29 is 9.72 Å². The van der Waals surface area contributed by atoms with Gasteiger partial charge in [-0.05, 0) is 23.9 Å². The smallest absolute Gasteiger partial charge is 0.292 e. The molecule has 1 aliphatic rings. The van der Waals surface area contributed by atoms with Gasteiger partial charge in [-0.25, -0.2) is 0 Å². The number of nitro benzene ring substituents is 1. The van der Waals surface area contributed by atoms with E-state index in [-0.39, 0.29) is 16.5 Å². The maximum Gasteiger partial charge on any atom is 0.292 e. The third-order valence-corrected chi connectivity index (χ3v) is 4.65. The molecule has 23 heavy (non-hydrogen) atoms. The van der Waals surface area contributed by atoms with E-state index in [4.69, 9.17) is 0 Å². The van der Waals surface area contributed by atoms with Gasteiger partial charge in [0.2, 0.25) is 0 Å². The minimum atomic E-state index is -0.353. The van der Waals surface area contributed by atoms with Gasteiger partial charge in [0, 0.05) is 37.6 Å². The number of nitrogens with zero attached hydrogens (tertiary/aromatic N) is 3. The zero-order valence-electron chi connectivity index (χ0n) is 12.6. The average molecular weight is 331 g/mol. The Labute approximate surface area is 138 Å². The van der Waals surface area contributed by atoms with Crippen molar-refractivity contribution in [1.82, 2.24) is 4.90 Å². The number of nitro groups is 1. The summed E-state index contributed by atoms with van der Waals surface area (Å²) in [6, 6.07) is 8.61. The molecule has 1 saturated heterocycles. The van der Waals surface area contributed by atoms with Crippen molar-refractivity contribution >= 4 is 28.6 Å². The first kappa shape index (κ1) is 15.5. The van der Waals surface area contributed by atoms with Crippen LogP contribution >= 0.6 is 11.3 Å². The molecule has 0 N–H and O–H groups in total. The van der Waals surface area contributed by atoms with E-state index in [1.165, 1.54) is 17.4 Å². The van der Waals surface area contributed by atoms with Gasteiger partial charge >= 0.3 is 0 Å². The predicted molar refractivity (Wildman–Crippen MR) is 90.1 cm³/mol. The Kier molecular flexibility index (Phi) is 4.57. The van der Waals surface area contributed by atoms with E-state index < -0.39 is 0 Å². The summed E-state index contributed by atoms with van der Waals surface area (Å²) in [5, 5.41) is 14.9. The molecule has 120 valence electrons. The van der Waals surface area contributed by atoms with E-state index in [9.17, 15) is 14.9 Å². The van der Waals surface area contributed by atoms with Gasteiger partial charge in [-0.2, -0.15) is 11.3 Å². The fourth-order valence-corrected chi connectivity index (χ4v) is 3.45. The standard InChI is InChI=1S/C16H17N3O3S/c20-16(13-6-11-23-12-13)18-8-3-7-17(9-10-18)14-4-1-2-5-15(14)19(21)22/h1-2,4-6,11-12H,3,7-10H2. The summed E-state index contributed by atoms with van der Waals surface area (Å²) in [6.07, 6.45) is 0.794. The second-order valence-electron chi connectivity index (χ2n) is 5.39. The average Bonchev–Trinajstić information content (AvgIpc) is 2.99. The number of anilines is 1. The third kappa shape index (κ3) is 3.34. The Balaban J connectivity index is 1.74. The largest absolute Gasteiger partial charge is 0.364 e. The highest BCUT2D eigenvalue weighted by Gasteiger charge is 2.24. The lowest BCUT2D eigenvalue weighted by Gasteiger charge is -2.23. The molecule has 7 heteroatoms. The molecular weight excluding hydrogens is 314 g/mol. The number of carbonyl (C=O) groups excluding carboxylic acids is 1. The summed E-state index contributed by atoms with van der Waals surface area (Å²) in [7, 11) is 0. The van der Waals surface area contributed by atoms with Crippen LogP contribution in [0.1, 0.15) is 16.8 Å². The van der Waals surface area contributed by atoms with Gasteiger partial charge in [0.1, 0.15) is 5.69 Å². The van der Waals surface area contributed by atoms with Crippen molar-refractivity contribution in [2.45, 2.75) is 6.42 Å². The number of benzene rings is 1. The van der Waals surface area contributed by atoms with E-state index in [1.54, 1.807) is 12.1 Å². The fourth-order valence-electron chi connectivity index (χ4n) is 2.82. The topological polar surface area (TPSA) is 66.7 Å². The molecule has 0 aliphatic carbocycles. The van der Waals surface area contributed by atoms with Crippen LogP contribution in [0.5, 0.6) is 0 Å². The number of carbonyl (C=O) groups is 1. The number of hydrogen-bond acceptors (Lipinski definition) is 5. The normalized spacial score (nSPS) is 15.3. The molecule has 1 aromatic carbocycles. The quantitative estimate of drug-likeness (QED) is 0.640. The minimum absolute atomic E-state index is 0.0376. The summed E-state index contributed by atoms with van der Waals surface area (Å²) >= 11 is 1.51. The third-order valence-electron chi connectivity index (χ3n) is 3.97. The van der Waals surface area contributed by atoms with Crippen molar-refractivity contribution in [3.05, 3.63) is 56.8 Å². The lowest BCUT2D eigenvalue weighted by atomic mass is 10.2. The van der Waals surface area contributed by atoms with Gasteiger partial charge < -0.3 is 9.80 Å². The van der Waals surface area contributed by atoms with Crippen LogP contribution in [0.25, 0.3) is 0 Å². The van der Waals surface area contributed by atoms with Crippen LogP contribution in [0.15, 0.2) is 41.1 Å². The van der Waals surface area contributed by atoms with Gasteiger partial charge in [0.15, 0.2) is 0 Å². The SMILES string of the molecule is O=C(c1ccsc1)N1CCCN(c2ccccc2[N+](=O)[O-])CC1. The Morgan fingerprint density at radius 1 is 1.13 bits per heavy atom. The van der Waals surface area contributed by atoms with Crippen LogP contribution in [-0.2, 0) is 0 Å². The van der Waals surface area contributed by atoms with Crippen LogP contribution < -0.4 is 4.90 Å². The summed E-state index contributed by atoms with van der Waals surface area (Å²) < 4.78 is 0. The minimum Gasteiger partial charge on any atom is -0.364 e. The molecule has 0 unspecified atom stereocenters. The lowest BCUT2D eigenvalue weighted by Crippen LogP contribution is -2.35. The predicted octanol–water partition coefficient (Wildman–Crippen LogP) is 3.01. The summed E-state index contributed by atoms with van der Waals surface area (Å²) in [6.45, 7) is 2.55. The second-order valence-corrected chi connectivity index (χ2v) is 6.17. The number of rotatable bonds is 3. The lowest BCUT2D eigenvalue weighted by molar-refractivity contribution is -0.384. The first-order valence-corrected chi connectivity index (χ1v) is 8.41. The van der Waals surface area contributed by atoms with Crippen LogP contribution in [0.3, 0.4) is 0 Å². The van der Waals surface area contributed by atoms with Gasteiger partial charge in [0.05, 0.1) is 10.5 Å². The molecule has 0 saturated carbocycles. The summed E-state index contributed by atoms with van der Waals surface area (Å²) in [5.41, 5.74) is 1.46. The zero-order valence-corrected chi connectivity index (χ0v) is 13.4. The van der Waals surface area contributed by atoms with E-state index in [2.05, 4.69) is 0 Å². The highest BCUT2D eigenvalue weighted by atomic mass is 32.1. The van der Waals surface area contributed by atoms with Crippen LogP contribution in [-0.4, -0.2) is 41.9 Å². The molecule has 1 aliphatic heterocycles. The number of amides is 1. The molecule has 2 aromatic rings. The fraction of sp³-hybridized carbons (Fsp3) is 0.312. The second kappa shape index (κ2) is 6.78. The molecule has 3 rings (SSSR count). The van der Waals surface area contributed by atoms with Gasteiger partial charge in [-0.3, -0.25) is 14.9 Å². The first-order valence-electron chi connectivity index (χ1n) is 7.46. The monoisotopic (exact) mass is 331 g/mol. The number of para-hydroxylation sites is 2. The molecule has 1 aromatic heterocycles. The highest BCUT2D eigenvalue weighted by Crippen LogP contribution is 2.28. The van der Waals surface area contributed by atoms with Gasteiger partial charge in [-0.1, -0.05) is 12.1 Å². The van der Waals surface area contributed by atoms with E-state index in [1.807, 2.05) is 32.7 Å². The number of thiophene rings is 1. The van der Waals surface area contributed by atoms with Crippen molar-refractivity contribution in [2.24, 2.45) is 0 Å².